The molecule has 10 heteroatoms. The van der Waals surface area contributed by atoms with Gasteiger partial charge < -0.3 is 15.5 Å². The summed E-state index contributed by atoms with van der Waals surface area (Å²) in [5, 5.41) is 27.9. The van der Waals surface area contributed by atoms with Gasteiger partial charge in [0.15, 0.2) is 11.6 Å². The van der Waals surface area contributed by atoms with Crippen LogP contribution in [0.3, 0.4) is 0 Å². The van der Waals surface area contributed by atoms with Gasteiger partial charge in [-0.15, -0.1) is 0 Å². The third-order valence-corrected chi connectivity index (χ3v) is 2.54. The standard InChI is InChI=1S/C12H8F4N2O4/c13-7-2-5(1-6(4-17)9(7)19)3-8(10(20)21)18-11(22)12(14,15)16/h1-2,8,19H,3H2,(H,18,22)(H,20,21). The van der Waals surface area contributed by atoms with Crippen molar-refractivity contribution >= 4 is 11.9 Å². The normalized spacial score (nSPS) is 12.3. The van der Waals surface area contributed by atoms with E-state index in [1.54, 1.807) is 0 Å². The minimum atomic E-state index is -5.27. The van der Waals surface area contributed by atoms with Crippen LogP contribution in [-0.2, 0) is 16.0 Å². The van der Waals surface area contributed by atoms with E-state index < -0.39 is 47.6 Å². The zero-order valence-electron chi connectivity index (χ0n) is 10.6. The van der Waals surface area contributed by atoms with Gasteiger partial charge in [0.2, 0.25) is 0 Å². The number of nitrogens with zero attached hydrogens (tertiary/aromatic N) is 1. The van der Waals surface area contributed by atoms with Crippen LogP contribution in [0.5, 0.6) is 5.75 Å². The zero-order chi connectivity index (χ0) is 17.1. The van der Waals surface area contributed by atoms with Crippen molar-refractivity contribution in [1.82, 2.24) is 5.32 Å². The highest BCUT2D eigenvalue weighted by molar-refractivity contribution is 5.87. The number of amides is 1. The number of halogens is 4. The number of hydrogen-bond acceptors (Lipinski definition) is 4. The summed E-state index contributed by atoms with van der Waals surface area (Å²) in [5.41, 5.74) is -0.692. The van der Waals surface area contributed by atoms with Crippen LogP contribution in [0.25, 0.3) is 0 Å². The van der Waals surface area contributed by atoms with Crippen molar-refractivity contribution in [2.75, 3.05) is 0 Å². The SMILES string of the molecule is N#Cc1cc(CC(NC(=O)C(F)(F)F)C(=O)O)cc(F)c1O. The lowest BCUT2D eigenvalue weighted by Gasteiger charge is -2.16. The quantitative estimate of drug-likeness (QED) is 0.719. The van der Waals surface area contributed by atoms with E-state index in [4.69, 9.17) is 10.4 Å². The number of aliphatic carboxylic acids is 1. The lowest BCUT2D eigenvalue weighted by atomic mass is 10.0. The first-order valence-corrected chi connectivity index (χ1v) is 5.58. The molecule has 0 aliphatic rings. The molecule has 0 saturated heterocycles. The molecule has 3 N–H and O–H groups in total. The zero-order valence-corrected chi connectivity index (χ0v) is 10.6. The van der Waals surface area contributed by atoms with E-state index in [-0.39, 0.29) is 5.56 Å². The smallest absolute Gasteiger partial charge is 0.471 e. The molecule has 0 heterocycles. The molecule has 6 nitrogen and oxygen atoms in total. The lowest BCUT2D eigenvalue weighted by Crippen LogP contribution is -2.47. The Morgan fingerprint density at radius 1 is 1.36 bits per heavy atom. The minimum Gasteiger partial charge on any atom is -0.504 e. The van der Waals surface area contributed by atoms with Gasteiger partial charge in [-0.1, -0.05) is 0 Å². The van der Waals surface area contributed by atoms with Crippen LogP contribution in [0.15, 0.2) is 12.1 Å². The third kappa shape index (κ3) is 4.08. The number of carboxylic acid groups (broad SMARTS) is 1. The summed E-state index contributed by atoms with van der Waals surface area (Å²) in [6, 6.07) is 1.03. The van der Waals surface area contributed by atoms with Crippen LogP contribution in [0.4, 0.5) is 17.6 Å². The first kappa shape index (κ1) is 17.2. The number of carboxylic acids is 1. The molecule has 22 heavy (non-hydrogen) atoms. The van der Waals surface area contributed by atoms with Gasteiger partial charge >= 0.3 is 18.1 Å². The molecule has 1 atom stereocenters. The molecular formula is C12H8F4N2O4. The molecule has 1 unspecified atom stereocenters. The van der Waals surface area contributed by atoms with Crippen LogP contribution in [0.2, 0.25) is 0 Å². The highest BCUT2D eigenvalue weighted by atomic mass is 19.4. The fourth-order valence-electron chi connectivity index (χ4n) is 1.53. The van der Waals surface area contributed by atoms with E-state index >= 15 is 0 Å². The second-order valence-corrected chi connectivity index (χ2v) is 4.15. The van der Waals surface area contributed by atoms with E-state index in [9.17, 15) is 32.3 Å². The molecule has 0 aromatic heterocycles. The average molecular weight is 320 g/mol. The van der Waals surface area contributed by atoms with E-state index in [0.29, 0.717) is 6.07 Å². The van der Waals surface area contributed by atoms with E-state index in [1.807, 2.05) is 0 Å². The Kier molecular flexibility index (Phi) is 4.93. The largest absolute Gasteiger partial charge is 0.504 e. The Labute approximate surface area is 120 Å². The Bertz CT molecular complexity index is 652. The topological polar surface area (TPSA) is 110 Å². The summed E-state index contributed by atoms with van der Waals surface area (Å²) in [7, 11) is 0. The summed E-state index contributed by atoms with van der Waals surface area (Å²) >= 11 is 0. The Morgan fingerprint density at radius 2 is 1.95 bits per heavy atom. The molecule has 0 spiro atoms. The molecule has 0 bridgehead atoms. The van der Waals surface area contributed by atoms with Crippen molar-refractivity contribution in [3.63, 3.8) is 0 Å². The number of alkyl halides is 3. The second kappa shape index (κ2) is 6.30. The predicted molar refractivity (Wildman–Crippen MR) is 62.1 cm³/mol. The number of rotatable bonds is 4. The number of nitriles is 1. The van der Waals surface area contributed by atoms with Gasteiger partial charge in [-0.3, -0.25) is 4.79 Å². The molecule has 0 radical (unpaired) electrons. The lowest BCUT2D eigenvalue weighted by molar-refractivity contribution is -0.175. The van der Waals surface area contributed by atoms with Crippen LogP contribution < -0.4 is 5.32 Å². The van der Waals surface area contributed by atoms with Crippen molar-refractivity contribution in [3.05, 3.63) is 29.1 Å². The Hall–Kier alpha value is -2.83. The van der Waals surface area contributed by atoms with Crippen molar-refractivity contribution < 1.29 is 37.4 Å². The fraction of sp³-hybridized carbons (Fsp3) is 0.250. The van der Waals surface area contributed by atoms with Crippen molar-refractivity contribution in [2.45, 2.75) is 18.6 Å². The number of benzene rings is 1. The van der Waals surface area contributed by atoms with Crippen LogP contribution in [0.1, 0.15) is 11.1 Å². The van der Waals surface area contributed by atoms with Gasteiger partial charge in [0, 0.05) is 6.42 Å². The summed E-state index contributed by atoms with van der Waals surface area (Å²) in [6.07, 6.45) is -5.98. The molecule has 0 aliphatic carbocycles. The van der Waals surface area contributed by atoms with Crippen LogP contribution >= 0.6 is 0 Å². The number of aromatic hydroxyl groups is 1. The van der Waals surface area contributed by atoms with Crippen molar-refractivity contribution in [1.29, 1.82) is 5.26 Å². The number of carbonyl (C=O) groups excluding carboxylic acids is 1. The Morgan fingerprint density at radius 3 is 2.41 bits per heavy atom. The van der Waals surface area contributed by atoms with E-state index in [1.165, 1.54) is 11.4 Å². The first-order chi connectivity index (χ1) is 10.1. The maximum atomic E-state index is 13.3. The Balaban J connectivity index is 3.03. The minimum absolute atomic E-state index is 0.179. The van der Waals surface area contributed by atoms with Crippen molar-refractivity contribution in [3.8, 4) is 11.8 Å². The van der Waals surface area contributed by atoms with Gasteiger partial charge in [-0.25, -0.2) is 9.18 Å². The number of phenols is 1. The first-order valence-electron chi connectivity index (χ1n) is 5.58. The molecule has 1 aromatic carbocycles. The predicted octanol–water partition coefficient (Wildman–Crippen LogP) is 1.08. The monoisotopic (exact) mass is 320 g/mol. The summed E-state index contributed by atoms with van der Waals surface area (Å²) < 4.78 is 49.6. The van der Waals surface area contributed by atoms with E-state index in [0.717, 1.165) is 6.07 Å². The van der Waals surface area contributed by atoms with Crippen LogP contribution in [0, 0.1) is 17.1 Å². The maximum absolute atomic E-state index is 13.3. The number of hydrogen-bond donors (Lipinski definition) is 3. The van der Waals surface area contributed by atoms with Gasteiger partial charge in [-0.05, 0) is 17.7 Å². The highest BCUT2D eigenvalue weighted by Crippen LogP contribution is 2.23. The fourth-order valence-corrected chi connectivity index (χ4v) is 1.53. The average Bonchev–Trinajstić information content (AvgIpc) is 2.40. The molecule has 0 fully saturated rings. The maximum Gasteiger partial charge on any atom is 0.471 e. The van der Waals surface area contributed by atoms with Crippen molar-refractivity contribution in [2.24, 2.45) is 0 Å². The van der Waals surface area contributed by atoms with Gasteiger partial charge in [0.25, 0.3) is 0 Å². The highest BCUT2D eigenvalue weighted by Gasteiger charge is 2.40. The molecule has 118 valence electrons. The van der Waals surface area contributed by atoms with Gasteiger partial charge in [0.05, 0.1) is 5.56 Å². The summed E-state index contributed by atoms with van der Waals surface area (Å²) in [5.74, 6) is -6.43. The van der Waals surface area contributed by atoms with Crippen LogP contribution in [-0.4, -0.2) is 34.3 Å². The number of nitrogens with one attached hydrogen (secondary N) is 1. The molecule has 1 amide bonds. The van der Waals surface area contributed by atoms with Gasteiger partial charge in [-0.2, -0.15) is 18.4 Å². The molecule has 1 aromatic rings. The molecule has 1 rings (SSSR count). The second-order valence-electron chi connectivity index (χ2n) is 4.15. The summed E-state index contributed by atoms with van der Waals surface area (Å²) in [6.45, 7) is 0. The molecule has 0 aliphatic heterocycles. The summed E-state index contributed by atoms with van der Waals surface area (Å²) in [4.78, 5) is 21.6. The molecule has 0 saturated carbocycles. The number of phenolic OH excluding ortho intramolecular Hbond substituents is 1. The molecular weight excluding hydrogens is 312 g/mol. The number of carbonyl (C=O) groups is 2. The van der Waals surface area contributed by atoms with E-state index in [2.05, 4.69) is 0 Å². The van der Waals surface area contributed by atoms with Gasteiger partial charge in [0.1, 0.15) is 12.1 Å². The third-order valence-electron chi connectivity index (χ3n) is 2.54.